The second kappa shape index (κ2) is 4.43. The summed E-state index contributed by atoms with van der Waals surface area (Å²) < 4.78 is 43.8. The Hall–Kier alpha value is -1.07. The van der Waals surface area contributed by atoms with Crippen LogP contribution in [0.4, 0.5) is 13.2 Å². The Bertz CT molecular complexity index is 389. The van der Waals surface area contributed by atoms with Gasteiger partial charge in [-0.3, -0.25) is 0 Å². The lowest BCUT2D eigenvalue weighted by atomic mass is 9.92. The summed E-state index contributed by atoms with van der Waals surface area (Å²) in [4.78, 5) is 0. The molecule has 1 saturated carbocycles. The number of ether oxygens (including phenoxy) is 1. The Labute approximate surface area is 90.7 Å². The molecule has 5 heteroatoms. The predicted molar refractivity (Wildman–Crippen MR) is 50.1 cm³/mol. The van der Waals surface area contributed by atoms with Gasteiger partial charge in [0.1, 0.15) is 0 Å². The fraction of sp³-hybridized carbons (Fsp3) is 0.455. The van der Waals surface area contributed by atoms with E-state index in [1.54, 1.807) is 0 Å². The first-order valence-electron chi connectivity index (χ1n) is 5.00. The molecule has 0 radical (unpaired) electrons. The maximum Gasteiger partial charge on any atom is 0.194 e. The van der Waals surface area contributed by atoms with E-state index in [-0.39, 0.29) is 24.4 Å². The average molecular weight is 232 g/mol. The van der Waals surface area contributed by atoms with Gasteiger partial charge in [0.15, 0.2) is 17.5 Å². The van der Waals surface area contributed by atoms with Crippen LogP contribution in [-0.2, 0) is 11.3 Å². The van der Waals surface area contributed by atoms with Gasteiger partial charge < -0.3 is 9.84 Å². The topological polar surface area (TPSA) is 29.5 Å². The molecule has 0 heterocycles. The zero-order valence-corrected chi connectivity index (χ0v) is 8.42. The molecule has 88 valence electrons. The summed E-state index contributed by atoms with van der Waals surface area (Å²) in [6.45, 7) is -0.111. The van der Waals surface area contributed by atoms with E-state index < -0.39 is 17.5 Å². The first-order valence-corrected chi connectivity index (χ1v) is 5.00. The third kappa shape index (κ3) is 2.20. The Morgan fingerprint density at radius 3 is 2.50 bits per heavy atom. The molecule has 0 bridgehead atoms. The van der Waals surface area contributed by atoms with Gasteiger partial charge >= 0.3 is 0 Å². The molecule has 0 aliphatic heterocycles. The van der Waals surface area contributed by atoms with Crippen LogP contribution in [0.25, 0.3) is 0 Å². The Morgan fingerprint density at radius 1 is 1.19 bits per heavy atom. The molecule has 2 rings (SSSR count). The monoisotopic (exact) mass is 232 g/mol. The number of hydrogen-bond donors (Lipinski definition) is 1. The van der Waals surface area contributed by atoms with Gasteiger partial charge in [-0.15, -0.1) is 0 Å². The van der Waals surface area contributed by atoms with Crippen LogP contribution in [0.1, 0.15) is 18.4 Å². The molecular formula is C11H11F3O2. The van der Waals surface area contributed by atoms with Gasteiger partial charge in [-0.05, 0) is 18.9 Å². The number of aliphatic hydroxyl groups is 1. The molecule has 1 aliphatic rings. The highest BCUT2D eigenvalue weighted by atomic mass is 19.2. The molecule has 2 nitrogen and oxygen atoms in total. The van der Waals surface area contributed by atoms with Crippen LogP contribution < -0.4 is 0 Å². The van der Waals surface area contributed by atoms with Gasteiger partial charge in [0.2, 0.25) is 0 Å². The maximum absolute atomic E-state index is 13.2. The van der Waals surface area contributed by atoms with Crippen molar-refractivity contribution >= 4 is 0 Å². The fourth-order valence-electron chi connectivity index (χ4n) is 1.56. The van der Waals surface area contributed by atoms with Crippen molar-refractivity contribution in [3.8, 4) is 0 Å². The molecule has 1 fully saturated rings. The normalized spacial score (nSPS) is 24.2. The molecule has 0 aromatic heterocycles. The first-order chi connectivity index (χ1) is 7.58. The summed E-state index contributed by atoms with van der Waals surface area (Å²) in [5, 5.41) is 8.99. The smallest absolute Gasteiger partial charge is 0.194 e. The van der Waals surface area contributed by atoms with Gasteiger partial charge in [0.25, 0.3) is 0 Å². The molecule has 0 saturated heterocycles. The van der Waals surface area contributed by atoms with Gasteiger partial charge in [0.05, 0.1) is 18.8 Å². The van der Waals surface area contributed by atoms with E-state index in [0.717, 1.165) is 12.1 Å². The number of hydrogen-bond acceptors (Lipinski definition) is 2. The van der Waals surface area contributed by atoms with Crippen molar-refractivity contribution < 1.29 is 23.0 Å². The molecular weight excluding hydrogens is 221 g/mol. The van der Waals surface area contributed by atoms with Crippen LogP contribution in [0.5, 0.6) is 0 Å². The molecule has 1 aromatic rings. The quantitative estimate of drug-likeness (QED) is 0.809. The summed E-state index contributed by atoms with van der Waals surface area (Å²) in [5.41, 5.74) is -0.0136. The standard InChI is InChI=1S/C11H11F3O2/c12-9-2-1-6(10(13)11(9)14)5-16-8-3-7(15)4-8/h1-2,7-8,15H,3-5H2/t7-,8+. The van der Waals surface area contributed by atoms with Crippen LogP contribution in [0.2, 0.25) is 0 Å². The van der Waals surface area contributed by atoms with Crippen molar-refractivity contribution in [2.45, 2.75) is 31.7 Å². The van der Waals surface area contributed by atoms with Crippen LogP contribution in [0, 0.1) is 17.5 Å². The van der Waals surface area contributed by atoms with Crippen molar-refractivity contribution in [1.29, 1.82) is 0 Å². The first kappa shape index (κ1) is 11.4. The molecule has 0 unspecified atom stereocenters. The van der Waals surface area contributed by atoms with E-state index >= 15 is 0 Å². The SMILES string of the molecule is O[C@H]1C[C@@H](OCc2ccc(F)c(F)c2F)C1. The zero-order chi connectivity index (χ0) is 11.7. The van der Waals surface area contributed by atoms with Crippen molar-refractivity contribution in [3.05, 3.63) is 35.1 Å². The largest absolute Gasteiger partial charge is 0.393 e. The van der Waals surface area contributed by atoms with E-state index in [0.29, 0.717) is 12.8 Å². The molecule has 16 heavy (non-hydrogen) atoms. The summed E-state index contributed by atoms with van der Waals surface area (Å²) in [5.74, 6) is -3.89. The lowest BCUT2D eigenvalue weighted by molar-refractivity contribution is -0.0784. The van der Waals surface area contributed by atoms with E-state index in [4.69, 9.17) is 9.84 Å². The van der Waals surface area contributed by atoms with Crippen molar-refractivity contribution in [1.82, 2.24) is 0 Å². The van der Waals surface area contributed by atoms with Gasteiger partial charge in [0, 0.05) is 5.56 Å². The molecule has 1 aliphatic carbocycles. The van der Waals surface area contributed by atoms with Gasteiger partial charge in [-0.2, -0.15) is 0 Å². The molecule has 1 aromatic carbocycles. The number of aliphatic hydroxyl groups excluding tert-OH is 1. The fourth-order valence-corrected chi connectivity index (χ4v) is 1.56. The second-order valence-electron chi connectivity index (χ2n) is 3.89. The summed E-state index contributed by atoms with van der Waals surface area (Å²) in [6, 6.07) is 2.02. The zero-order valence-electron chi connectivity index (χ0n) is 8.42. The van der Waals surface area contributed by atoms with Crippen molar-refractivity contribution in [2.24, 2.45) is 0 Å². The predicted octanol–water partition coefficient (Wildman–Crippen LogP) is 2.14. The summed E-state index contributed by atoms with van der Waals surface area (Å²) >= 11 is 0. The highest BCUT2D eigenvalue weighted by Gasteiger charge is 2.28. The van der Waals surface area contributed by atoms with Crippen LogP contribution in [0.15, 0.2) is 12.1 Å². The Balaban J connectivity index is 1.97. The van der Waals surface area contributed by atoms with E-state index in [1.807, 2.05) is 0 Å². The number of benzene rings is 1. The maximum atomic E-state index is 13.2. The van der Waals surface area contributed by atoms with E-state index in [9.17, 15) is 13.2 Å². The lowest BCUT2D eigenvalue weighted by Gasteiger charge is -2.31. The van der Waals surface area contributed by atoms with Crippen LogP contribution in [0.3, 0.4) is 0 Å². The molecule has 0 spiro atoms. The molecule has 1 N–H and O–H groups in total. The average Bonchev–Trinajstić information content (AvgIpc) is 2.22. The Kier molecular flexibility index (Phi) is 3.16. The van der Waals surface area contributed by atoms with Crippen LogP contribution in [-0.4, -0.2) is 17.3 Å². The van der Waals surface area contributed by atoms with Crippen molar-refractivity contribution in [2.75, 3.05) is 0 Å². The molecule has 0 amide bonds. The second-order valence-corrected chi connectivity index (χ2v) is 3.89. The highest BCUT2D eigenvalue weighted by Crippen LogP contribution is 2.25. The summed E-state index contributed by atoms with van der Waals surface area (Å²) in [6.07, 6.45) is 0.527. The lowest BCUT2D eigenvalue weighted by Crippen LogP contribution is -2.35. The van der Waals surface area contributed by atoms with Gasteiger partial charge in [-0.25, -0.2) is 13.2 Å². The Morgan fingerprint density at radius 2 is 1.88 bits per heavy atom. The van der Waals surface area contributed by atoms with E-state index in [1.165, 1.54) is 0 Å². The minimum Gasteiger partial charge on any atom is -0.393 e. The minimum absolute atomic E-state index is 0.0136. The van der Waals surface area contributed by atoms with Gasteiger partial charge in [-0.1, -0.05) is 6.07 Å². The van der Waals surface area contributed by atoms with Crippen LogP contribution >= 0.6 is 0 Å². The van der Waals surface area contributed by atoms with Crippen molar-refractivity contribution in [3.63, 3.8) is 0 Å². The molecule has 0 atom stereocenters. The third-order valence-electron chi connectivity index (χ3n) is 2.66. The number of halogens is 3. The highest BCUT2D eigenvalue weighted by molar-refractivity contribution is 5.19. The third-order valence-corrected chi connectivity index (χ3v) is 2.66. The minimum atomic E-state index is -1.48. The number of rotatable bonds is 3. The summed E-state index contributed by atoms with van der Waals surface area (Å²) in [7, 11) is 0. The van der Waals surface area contributed by atoms with E-state index in [2.05, 4.69) is 0 Å².